The van der Waals surface area contributed by atoms with Gasteiger partial charge in [-0.05, 0) is 11.5 Å². The van der Waals surface area contributed by atoms with Gasteiger partial charge in [-0.2, -0.15) is 0 Å². The summed E-state index contributed by atoms with van der Waals surface area (Å²) in [6.45, 7) is 0.965. The fourth-order valence-corrected chi connectivity index (χ4v) is 3.74. The van der Waals surface area contributed by atoms with E-state index in [1.165, 1.54) is 38.7 Å². The smallest absolute Gasteiger partial charge is 0.256 e. The molecule has 0 spiro atoms. The van der Waals surface area contributed by atoms with Crippen LogP contribution in [0.5, 0.6) is 0 Å². The predicted octanol–water partition coefficient (Wildman–Crippen LogP) is 2.96. The number of anilines is 1. The van der Waals surface area contributed by atoms with Crippen LogP contribution in [0.3, 0.4) is 0 Å². The van der Waals surface area contributed by atoms with Crippen molar-refractivity contribution in [1.29, 1.82) is 0 Å². The van der Waals surface area contributed by atoms with E-state index in [4.69, 9.17) is 0 Å². The number of rotatable bonds is 1. The first-order chi connectivity index (χ1) is 10.3. The molecule has 21 heavy (non-hydrogen) atoms. The number of pyridine rings is 1. The zero-order chi connectivity index (χ0) is 14.1. The van der Waals surface area contributed by atoms with E-state index in [1.54, 1.807) is 0 Å². The number of para-hydroxylation sites is 1. The van der Waals surface area contributed by atoms with E-state index in [0.29, 0.717) is 0 Å². The molecule has 2 aromatic heterocycles. The van der Waals surface area contributed by atoms with Gasteiger partial charge in [0.2, 0.25) is 5.65 Å². The van der Waals surface area contributed by atoms with E-state index in [0.717, 1.165) is 6.54 Å². The van der Waals surface area contributed by atoms with Gasteiger partial charge in [0.15, 0.2) is 0 Å². The Morgan fingerprint density at radius 3 is 2.67 bits per heavy atom. The van der Waals surface area contributed by atoms with Crippen molar-refractivity contribution in [1.82, 2.24) is 4.40 Å². The molecule has 0 bridgehead atoms. The third-order valence-electron chi connectivity index (χ3n) is 4.62. The molecule has 0 saturated heterocycles. The third-order valence-corrected chi connectivity index (χ3v) is 4.62. The van der Waals surface area contributed by atoms with Gasteiger partial charge in [-0.25, -0.2) is 8.97 Å². The maximum atomic E-state index is 2.42. The maximum Gasteiger partial charge on any atom is 0.256 e. The Bertz CT molecular complexity index is 1040. The molecule has 3 heteroatoms. The van der Waals surface area contributed by atoms with Gasteiger partial charge in [0.25, 0.3) is 5.82 Å². The largest absolute Gasteiger partial charge is 0.295 e. The molecule has 4 aromatic rings. The van der Waals surface area contributed by atoms with Crippen LogP contribution in [0, 0.1) is 0 Å². The van der Waals surface area contributed by atoms with E-state index < -0.39 is 0 Å². The van der Waals surface area contributed by atoms with E-state index in [-0.39, 0.29) is 0 Å². The second-order valence-electron chi connectivity index (χ2n) is 6.02. The SMILES string of the molecule is CN(C)c1cn2c3ccccc3c3cccc4c3c2[n+]1C4. The highest BCUT2D eigenvalue weighted by atomic mass is 15.3. The second-order valence-corrected chi connectivity index (χ2v) is 6.02. The molecule has 0 unspecified atom stereocenters. The summed E-state index contributed by atoms with van der Waals surface area (Å²) in [4.78, 5) is 2.19. The van der Waals surface area contributed by atoms with Crippen LogP contribution in [0.2, 0.25) is 0 Å². The van der Waals surface area contributed by atoms with Crippen LogP contribution in [0.4, 0.5) is 5.82 Å². The first-order valence-electron chi connectivity index (χ1n) is 7.30. The summed E-state index contributed by atoms with van der Waals surface area (Å²) in [5.74, 6) is 1.25. The molecule has 0 fully saturated rings. The lowest BCUT2D eigenvalue weighted by Crippen LogP contribution is -2.36. The minimum Gasteiger partial charge on any atom is -0.295 e. The molecule has 0 amide bonds. The first kappa shape index (κ1) is 11.1. The minimum absolute atomic E-state index is 0.965. The van der Waals surface area contributed by atoms with Crippen LogP contribution >= 0.6 is 0 Å². The molecule has 0 radical (unpaired) electrons. The summed E-state index contributed by atoms with van der Waals surface area (Å²) in [6.07, 6.45) is 2.26. The van der Waals surface area contributed by atoms with Gasteiger partial charge in [-0.15, -0.1) is 0 Å². The highest BCUT2D eigenvalue weighted by molar-refractivity contribution is 6.12. The molecular formula is C18H16N3+. The highest BCUT2D eigenvalue weighted by Gasteiger charge is 2.29. The van der Waals surface area contributed by atoms with Crippen LogP contribution in [0.1, 0.15) is 5.56 Å². The molecule has 0 saturated carbocycles. The molecule has 0 atom stereocenters. The molecule has 3 nitrogen and oxygen atoms in total. The fourth-order valence-electron chi connectivity index (χ4n) is 3.74. The quantitative estimate of drug-likeness (QED) is 0.338. The topological polar surface area (TPSA) is 11.5 Å². The van der Waals surface area contributed by atoms with Gasteiger partial charge >= 0.3 is 0 Å². The van der Waals surface area contributed by atoms with Crippen molar-refractivity contribution in [2.24, 2.45) is 0 Å². The Kier molecular flexibility index (Phi) is 1.89. The number of benzene rings is 2. The summed E-state index contributed by atoms with van der Waals surface area (Å²) in [6, 6.07) is 15.4. The monoisotopic (exact) mass is 274 g/mol. The molecule has 2 aromatic carbocycles. The predicted molar refractivity (Wildman–Crippen MR) is 86.0 cm³/mol. The van der Waals surface area contributed by atoms with Crippen LogP contribution < -0.4 is 9.47 Å². The van der Waals surface area contributed by atoms with E-state index >= 15 is 0 Å². The Hall–Kier alpha value is -2.55. The number of hydrogen-bond acceptors (Lipinski definition) is 1. The molecule has 3 heterocycles. The average molecular weight is 274 g/mol. The lowest BCUT2D eigenvalue weighted by Gasteiger charge is -2.06. The van der Waals surface area contributed by atoms with Gasteiger partial charge in [0.1, 0.15) is 11.7 Å². The number of fused-ring (bicyclic) bond motifs is 3. The van der Waals surface area contributed by atoms with Crippen molar-refractivity contribution in [3.8, 4) is 0 Å². The molecule has 102 valence electrons. The normalized spacial score (nSPS) is 13.0. The van der Waals surface area contributed by atoms with Crippen LogP contribution in [0.25, 0.3) is 27.3 Å². The fraction of sp³-hybridized carbons (Fsp3) is 0.167. The number of imidazole rings is 1. The Morgan fingerprint density at radius 2 is 1.81 bits per heavy atom. The van der Waals surface area contributed by atoms with E-state index in [9.17, 15) is 0 Å². The van der Waals surface area contributed by atoms with Crippen LogP contribution in [-0.4, -0.2) is 18.5 Å². The second kappa shape index (κ2) is 3.55. The molecule has 1 aliphatic heterocycles. The van der Waals surface area contributed by atoms with E-state index in [1.807, 2.05) is 0 Å². The lowest BCUT2D eigenvalue weighted by atomic mass is 10.0. The zero-order valence-electron chi connectivity index (χ0n) is 12.2. The summed E-state index contributed by atoms with van der Waals surface area (Å²) >= 11 is 0. The van der Waals surface area contributed by atoms with Crippen LogP contribution in [0.15, 0.2) is 48.7 Å². The van der Waals surface area contributed by atoms with Crippen molar-refractivity contribution >= 4 is 33.1 Å². The van der Waals surface area contributed by atoms with Crippen molar-refractivity contribution in [2.45, 2.75) is 6.54 Å². The van der Waals surface area contributed by atoms with Crippen molar-refractivity contribution in [2.75, 3.05) is 19.0 Å². The number of hydrogen-bond donors (Lipinski definition) is 0. The summed E-state index contributed by atoms with van der Waals surface area (Å²) in [5, 5.41) is 4.10. The maximum absolute atomic E-state index is 2.42. The van der Waals surface area contributed by atoms with Crippen LogP contribution in [-0.2, 0) is 6.54 Å². The molecule has 5 rings (SSSR count). The van der Waals surface area contributed by atoms with Gasteiger partial charge in [0.05, 0.1) is 26.0 Å². The molecule has 0 N–H and O–H groups in total. The van der Waals surface area contributed by atoms with Gasteiger partial charge in [0, 0.05) is 10.9 Å². The van der Waals surface area contributed by atoms with Gasteiger partial charge in [-0.1, -0.05) is 36.4 Å². The minimum atomic E-state index is 0.965. The Labute approximate surface area is 122 Å². The van der Waals surface area contributed by atoms with E-state index in [2.05, 4.69) is 76.6 Å². The zero-order valence-corrected chi connectivity index (χ0v) is 12.2. The summed E-state index contributed by atoms with van der Waals surface area (Å²) < 4.78 is 4.77. The van der Waals surface area contributed by atoms with Crippen molar-refractivity contribution in [3.05, 3.63) is 54.2 Å². The highest BCUT2D eigenvalue weighted by Crippen LogP contribution is 2.35. The third kappa shape index (κ3) is 1.22. The Morgan fingerprint density at radius 1 is 1.00 bits per heavy atom. The molecule has 1 aliphatic rings. The first-order valence-corrected chi connectivity index (χ1v) is 7.30. The Balaban J connectivity index is 2.16. The molecule has 0 aliphatic carbocycles. The summed E-state index contributed by atoms with van der Waals surface area (Å²) in [5.41, 5.74) is 4.03. The average Bonchev–Trinajstić information content (AvgIpc) is 3.04. The standard InChI is InChI=1S/C18H16N3/c1-19(2)16-11-20-15-9-4-3-7-13(15)14-8-5-6-12-10-21(16)18(20)17(12)14/h3-9,11H,10H2,1-2H3/q+1. The van der Waals surface area contributed by atoms with Gasteiger partial charge in [-0.3, -0.25) is 4.90 Å². The number of aromatic nitrogens is 2. The number of nitrogens with zero attached hydrogens (tertiary/aromatic N) is 3. The van der Waals surface area contributed by atoms with Crippen molar-refractivity contribution < 1.29 is 4.57 Å². The van der Waals surface area contributed by atoms with Gasteiger partial charge < -0.3 is 0 Å². The lowest BCUT2D eigenvalue weighted by molar-refractivity contribution is -0.644. The molecular weight excluding hydrogens is 258 g/mol. The summed E-state index contributed by atoms with van der Waals surface area (Å²) in [7, 11) is 4.22. The van der Waals surface area contributed by atoms with Crippen molar-refractivity contribution in [3.63, 3.8) is 0 Å².